The molecule has 0 fully saturated rings. The molecule has 140 valence electrons. The van der Waals surface area contributed by atoms with E-state index in [4.69, 9.17) is 11.6 Å². The van der Waals surface area contributed by atoms with Gasteiger partial charge in [-0.15, -0.1) is 0 Å². The van der Waals surface area contributed by atoms with Crippen LogP contribution < -0.4 is 9.62 Å². The normalized spacial score (nSPS) is 11.5. The van der Waals surface area contributed by atoms with Gasteiger partial charge in [0.1, 0.15) is 6.54 Å². The van der Waals surface area contributed by atoms with Gasteiger partial charge in [0, 0.05) is 10.7 Å². The number of halogens is 1. The van der Waals surface area contributed by atoms with Crippen LogP contribution in [0.5, 0.6) is 0 Å². The molecule has 0 aliphatic carbocycles. The number of sulfonamides is 1. The summed E-state index contributed by atoms with van der Waals surface area (Å²) >= 11 is 6.01. The van der Waals surface area contributed by atoms with Crippen molar-refractivity contribution in [1.29, 1.82) is 0 Å². The zero-order valence-electron chi connectivity index (χ0n) is 15.3. The molecule has 26 heavy (non-hydrogen) atoms. The van der Waals surface area contributed by atoms with Crippen LogP contribution in [-0.2, 0) is 14.8 Å². The first-order valence-electron chi connectivity index (χ1n) is 8.22. The van der Waals surface area contributed by atoms with Gasteiger partial charge < -0.3 is 5.32 Å². The first-order valence-corrected chi connectivity index (χ1v) is 10.4. The number of aryl methyl sites for hydroxylation is 1. The zero-order valence-corrected chi connectivity index (χ0v) is 16.9. The van der Waals surface area contributed by atoms with Crippen molar-refractivity contribution in [3.63, 3.8) is 0 Å². The molecule has 0 spiro atoms. The van der Waals surface area contributed by atoms with Gasteiger partial charge in [-0.05, 0) is 42.2 Å². The molecular formula is C19H23ClN2O3S. The number of nitrogens with zero attached hydrogens (tertiary/aromatic N) is 1. The van der Waals surface area contributed by atoms with E-state index in [1.165, 1.54) is 0 Å². The highest BCUT2D eigenvalue weighted by atomic mass is 35.5. The van der Waals surface area contributed by atoms with E-state index in [2.05, 4.69) is 5.32 Å². The van der Waals surface area contributed by atoms with Crippen molar-refractivity contribution >= 4 is 38.9 Å². The molecule has 0 unspecified atom stereocenters. The fourth-order valence-corrected chi connectivity index (χ4v) is 3.74. The van der Waals surface area contributed by atoms with Crippen LogP contribution in [0.2, 0.25) is 5.02 Å². The highest BCUT2D eigenvalue weighted by Gasteiger charge is 2.23. The Bertz CT molecular complexity index is 911. The van der Waals surface area contributed by atoms with Crippen LogP contribution in [0, 0.1) is 6.92 Å². The van der Waals surface area contributed by atoms with Crippen molar-refractivity contribution in [2.45, 2.75) is 26.7 Å². The number of amides is 1. The zero-order chi connectivity index (χ0) is 19.5. The number of carbonyl (C=O) groups excluding carboxylic acids is 1. The first kappa shape index (κ1) is 20.3. The third-order valence-electron chi connectivity index (χ3n) is 3.98. The van der Waals surface area contributed by atoms with Gasteiger partial charge in [0.05, 0.1) is 11.9 Å². The minimum Gasteiger partial charge on any atom is -0.324 e. The minimum absolute atomic E-state index is 0.229. The summed E-state index contributed by atoms with van der Waals surface area (Å²) in [5.74, 6) is -0.185. The summed E-state index contributed by atoms with van der Waals surface area (Å²) in [4.78, 5) is 12.6. The molecule has 5 nitrogen and oxygen atoms in total. The Morgan fingerprint density at radius 1 is 1.19 bits per heavy atom. The average Bonchev–Trinajstić information content (AvgIpc) is 2.54. The summed E-state index contributed by atoms with van der Waals surface area (Å²) in [6.07, 6.45) is 1.07. The van der Waals surface area contributed by atoms with Crippen molar-refractivity contribution in [2.75, 3.05) is 22.4 Å². The molecule has 7 heteroatoms. The second-order valence-electron chi connectivity index (χ2n) is 6.49. The lowest BCUT2D eigenvalue weighted by molar-refractivity contribution is -0.114. The third-order valence-corrected chi connectivity index (χ3v) is 5.35. The number of hydrogen-bond acceptors (Lipinski definition) is 3. The number of nitrogens with one attached hydrogen (secondary N) is 1. The molecule has 0 aliphatic rings. The van der Waals surface area contributed by atoms with E-state index in [1.807, 2.05) is 38.1 Å². The Morgan fingerprint density at radius 2 is 1.85 bits per heavy atom. The molecule has 0 aliphatic heterocycles. The second kappa shape index (κ2) is 8.10. The Morgan fingerprint density at radius 3 is 2.46 bits per heavy atom. The fourth-order valence-electron chi connectivity index (χ4n) is 2.67. The largest absolute Gasteiger partial charge is 0.324 e. The summed E-state index contributed by atoms with van der Waals surface area (Å²) in [6.45, 7) is 5.51. The summed E-state index contributed by atoms with van der Waals surface area (Å²) in [6, 6.07) is 12.4. The van der Waals surface area contributed by atoms with E-state index in [1.54, 1.807) is 25.1 Å². The number of para-hydroxylation sites is 1. The molecule has 1 amide bonds. The Balaban J connectivity index is 2.30. The third kappa shape index (κ3) is 4.99. The number of carbonyl (C=O) groups is 1. The van der Waals surface area contributed by atoms with Gasteiger partial charge in [-0.2, -0.15) is 0 Å². The lowest BCUT2D eigenvalue weighted by atomic mass is 10.0. The molecule has 2 aromatic carbocycles. The molecule has 0 radical (unpaired) electrons. The first-order chi connectivity index (χ1) is 12.1. The fraction of sp³-hybridized carbons (Fsp3) is 0.316. The standard InChI is InChI=1S/C19H23ClN2O3S/c1-13(2)16-7-5-6-8-17(16)21-19(23)12-22(26(4,24)25)18-11-15(20)10-9-14(18)3/h5-11,13H,12H2,1-4H3,(H,21,23). The predicted octanol–water partition coefficient (Wildman–Crippen LogP) is 4.18. The average molecular weight is 395 g/mol. The van der Waals surface area contributed by atoms with Crippen molar-refractivity contribution in [3.05, 3.63) is 58.6 Å². The summed E-state index contributed by atoms with van der Waals surface area (Å²) in [7, 11) is -3.66. The van der Waals surface area contributed by atoms with Gasteiger partial charge in [0.2, 0.25) is 15.9 Å². The van der Waals surface area contributed by atoms with Crippen molar-refractivity contribution in [3.8, 4) is 0 Å². The van der Waals surface area contributed by atoms with Gasteiger partial charge in [-0.25, -0.2) is 8.42 Å². The van der Waals surface area contributed by atoms with E-state index in [9.17, 15) is 13.2 Å². The Hall–Kier alpha value is -2.05. The molecule has 1 N–H and O–H groups in total. The molecule has 0 saturated carbocycles. The molecule has 0 bridgehead atoms. The minimum atomic E-state index is -3.66. The van der Waals surface area contributed by atoms with E-state index in [-0.39, 0.29) is 12.5 Å². The van der Waals surface area contributed by atoms with Crippen LogP contribution in [-0.4, -0.2) is 27.1 Å². The van der Waals surface area contributed by atoms with Crippen molar-refractivity contribution in [1.82, 2.24) is 0 Å². The van der Waals surface area contributed by atoms with Gasteiger partial charge in [-0.3, -0.25) is 9.10 Å². The van der Waals surface area contributed by atoms with Gasteiger partial charge in [-0.1, -0.05) is 49.7 Å². The van der Waals surface area contributed by atoms with Crippen LogP contribution in [0.25, 0.3) is 0 Å². The van der Waals surface area contributed by atoms with E-state index in [0.29, 0.717) is 16.4 Å². The molecule has 0 heterocycles. The molecule has 0 aromatic heterocycles. The molecule has 0 atom stereocenters. The molecular weight excluding hydrogens is 372 g/mol. The lowest BCUT2D eigenvalue weighted by Gasteiger charge is -2.24. The van der Waals surface area contributed by atoms with Crippen molar-refractivity contribution in [2.24, 2.45) is 0 Å². The Labute approximate surface area is 160 Å². The predicted molar refractivity (Wildman–Crippen MR) is 108 cm³/mol. The van der Waals surface area contributed by atoms with Gasteiger partial charge >= 0.3 is 0 Å². The molecule has 2 aromatic rings. The van der Waals surface area contributed by atoms with Crippen LogP contribution in [0.15, 0.2) is 42.5 Å². The SMILES string of the molecule is Cc1ccc(Cl)cc1N(CC(=O)Nc1ccccc1C(C)C)S(C)(=O)=O. The summed E-state index contributed by atoms with van der Waals surface area (Å²) < 4.78 is 25.6. The summed E-state index contributed by atoms with van der Waals surface area (Å²) in [5.41, 5.74) is 2.79. The van der Waals surface area contributed by atoms with Crippen molar-refractivity contribution < 1.29 is 13.2 Å². The van der Waals surface area contributed by atoms with Gasteiger partial charge in [0.25, 0.3) is 0 Å². The second-order valence-corrected chi connectivity index (χ2v) is 8.83. The van der Waals surface area contributed by atoms with Crippen LogP contribution >= 0.6 is 11.6 Å². The number of anilines is 2. The smallest absolute Gasteiger partial charge is 0.245 e. The maximum atomic E-state index is 12.6. The van der Waals surface area contributed by atoms with Crippen LogP contribution in [0.1, 0.15) is 30.9 Å². The number of hydrogen-bond donors (Lipinski definition) is 1. The maximum absolute atomic E-state index is 12.6. The van der Waals surface area contributed by atoms with Crippen LogP contribution in [0.4, 0.5) is 11.4 Å². The van der Waals surface area contributed by atoms with Crippen LogP contribution in [0.3, 0.4) is 0 Å². The number of rotatable bonds is 6. The van der Waals surface area contributed by atoms with E-state index in [0.717, 1.165) is 21.7 Å². The van der Waals surface area contributed by atoms with E-state index >= 15 is 0 Å². The topological polar surface area (TPSA) is 66.5 Å². The van der Waals surface area contributed by atoms with Gasteiger partial charge in [0.15, 0.2) is 0 Å². The van der Waals surface area contributed by atoms with E-state index < -0.39 is 15.9 Å². The summed E-state index contributed by atoms with van der Waals surface area (Å²) in [5, 5.41) is 3.23. The molecule has 0 saturated heterocycles. The highest BCUT2D eigenvalue weighted by Crippen LogP contribution is 2.27. The monoisotopic (exact) mass is 394 g/mol. The maximum Gasteiger partial charge on any atom is 0.245 e. The molecule has 2 rings (SSSR count). The highest BCUT2D eigenvalue weighted by molar-refractivity contribution is 7.92. The Kier molecular flexibility index (Phi) is 6.31. The quantitative estimate of drug-likeness (QED) is 0.799. The lowest BCUT2D eigenvalue weighted by Crippen LogP contribution is -2.38. The number of benzene rings is 2.